The number of benzene rings is 2. The van der Waals surface area contributed by atoms with E-state index in [9.17, 15) is 4.79 Å². The first-order valence-corrected chi connectivity index (χ1v) is 10.4. The summed E-state index contributed by atoms with van der Waals surface area (Å²) in [6.07, 6.45) is 2.29. The number of carbonyl (C=O) groups excluding carboxylic acids is 1. The number of carbonyl (C=O) groups is 1. The van der Waals surface area contributed by atoms with Gasteiger partial charge in [-0.1, -0.05) is 28.1 Å². The van der Waals surface area contributed by atoms with E-state index in [1.54, 1.807) is 7.11 Å². The van der Waals surface area contributed by atoms with E-state index in [0.717, 1.165) is 37.7 Å². The Morgan fingerprint density at radius 1 is 1.25 bits per heavy atom. The normalized spacial score (nSPS) is 10.9. The minimum absolute atomic E-state index is 0.0145. The lowest BCUT2D eigenvalue weighted by Crippen LogP contribution is -2.24. The van der Waals surface area contributed by atoms with Gasteiger partial charge in [-0.3, -0.25) is 9.20 Å². The van der Waals surface area contributed by atoms with Gasteiger partial charge in [-0.05, 0) is 42.0 Å². The lowest BCUT2D eigenvalue weighted by Gasteiger charge is -2.05. The van der Waals surface area contributed by atoms with Crippen molar-refractivity contribution < 1.29 is 9.53 Å². The molecular weight excluding hydrogens is 438 g/mol. The maximum atomic E-state index is 12.4. The van der Waals surface area contributed by atoms with Gasteiger partial charge in [-0.25, -0.2) is 4.98 Å². The van der Waals surface area contributed by atoms with Gasteiger partial charge in [-0.2, -0.15) is 0 Å². The first kappa shape index (κ1) is 18.7. The molecule has 28 heavy (non-hydrogen) atoms. The summed E-state index contributed by atoms with van der Waals surface area (Å²) in [6, 6.07) is 15.7. The molecule has 2 aromatic carbocycles. The van der Waals surface area contributed by atoms with Gasteiger partial charge in [0, 0.05) is 33.9 Å². The Bertz CT molecular complexity index is 1120. The van der Waals surface area contributed by atoms with Crippen molar-refractivity contribution in [3.63, 3.8) is 0 Å². The minimum Gasteiger partial charge on any atom is -0.497 e. The van der Waals surface area contributed by atoms with Crippen LogP contribution in [0.1, 0.15) is 11.3 Å². The molecular formula is C21H18BrN3O2S. The third-order valence-electron chi connectivity index (χ3n) is 4.39. The van der Waals surface area contributed by atoms with Gasteiger partial charge in [-0.15, -0.1) is 11.3 Å². The highest BCUT2D eigenvalue weighted by Crippen LogP contribution is 2.25. The zero-order valence-corrected chi connectivity index (χ0v) is 17.6. The fourth-order valence-corrected chi connectivity index (χ4v) is 4.25. The number of halogens is 1. The average molecular weight is 456 g/mol. The van der Waals surface area contributed by atoms with Crippen molar-refractivity contribution in [2.75, 3.05) is 7.11 Å². The highest BCUT2D eigenvalue weighted by Gasteiger charge is 2.12. The summed E-state index contributed by atoms with van der Waals surface area (Å²) in [6.45, 7) is 0.507. The van der Waals surface area contributed by atoms with Gasteiger partial charge >= 0.3 is 0 Å². The summed E-state index contributed by atoms with van der Waals surface area (Å²) in [5, 5.41) is 4.96. The second-order valence-electron chi connectivity index (χ2n) is 6.32. The van der Waals surface area contributed by atoms with E-state index in [-0.39, 0.29) is 5.91 Å². The van der Waals surface area contributed by atoms with Crippen molar-refractivity contribution in [3.05, 3.63) is 75.8 Å². The second-order valence-corrected chi connectivity index (χ2v) is 8.07. The Kier molecular flexibility index (Phi) is 5.45. The first-order chi connectivity index (χ1) is 13.6. The number of nitrogens with zero attached hydrogens (tertiary/aromatic N) is 2. The molecule has 0 bridgehead atoms. The molecule has 1 amide bonds. The molecule has 4 aromatic rings. The van der Waals surface area contributed by atoms with E-state index in [0.29, 0.717) is 13.0 Å². The summed E-state index contributed by atoms with van der Waals surface area (Å²) in [4.78, 5) is 17.9. The molecule has 0 fully saturated rings. The van der Waals surface area contributed by atoms with Crippen molar-refractivity contribution in [2.24, 2.45) is 0 Å². The number of thiazole rings is 1. The van der Waals surface area contributed by atoms with E-state index in [4.69, 9.17) is 4.74 Å². The minimum atomic E-state index is -0.0145. The average Bonchev–Trinajstić information content (AvgIpc) is 3.29. The van der Waals surface area contributed by atoms with Crippen LogP contribution in [0.5, 0.6) is 5.75 Å². The number of imidazole rings is 1. The van der Waals surface area contributed by atoms with E-state index < -0.39 is 0 Å². The highest BCUT2D eigenvalue weighted by molar-refractivity contribution is 9.10. The van der Waals surface area contributed by atoms with Crippen LogP contribution in [-0.4, -0.2) is 22.4 Å². The molecule has 142 valence electrons. The highest BCUT2D eigenvalue weighted by atomic mass is 79.9. The van der Waals surface area contributed by atoms with E-state index in [1.165, 1.54) is 11.3 Å². The maximum absolute atomic E-state index is 12.4. The number of hydrogen-bond acceptors (Lipinski definition) is 4. The van der Waals surface area contributed by atoms with Crippen molar-refractivity contribution in [3.8, 4) is 17.0 Å². The number of amides is 1. The van der Waals surface area contributed by atoms with Crippen LogP contribution in [-0.2, 0) is 17.8 Å². The quantitative estimate of drug-likeness (QED) is 0.458. The van der Waals surface area contributed by atoms with Crippen LogP contribution in [0.15, 0.2) is 64.6 Å². The van der Waals surface area contributed by atoms with Crippen LogP contribution in [0.3, 0.4) is 0 Å². The molecule has 0 radical (unpaired) electrons. The molecule has 0 saturated carbocycles. The predicted octanol–water partition coefficient (Wildman–Crippen LogP) is 4.69. The van der Waals surface area contributed by atoms with E-state index >= 15 is 0 Å². The molecule has 2 aromatic heterocycles. The topological polar surface area (TPSA) is 55.6 Å². The molecule has 5 nitrogen and oxygen atoms in total. The third kappa shape index (κ3) is 4.10. The van der Waals surface area contributed by atoms with E-state index in [2.05, 4.69) is 26.2 Å². The summed E-state index contributed by atoms with van der Waals surface area (Å²) >= 11 is 4.98. The Balaban J connectivity index is 1.46. The van der Waals surface area contributed by atoms with Gasteiger partial charge in [0.2, 0.25) is 5.91 Å². The molecule has 0 unspecified atom stereocenters. The molecule has 0 aliphatic rings. The van der Waals surface area contributed by atoms with Crippen molar-refractivity contribution >= 4 is 38.1 Å². The van der Waals surface area contributed by atoms with Gasteiger partial charge in [0.05, 0.1) is 19.2 Å². The fraction of sp³-hybridized carbons (Fsp3) is 0.143. The monoisotopic (exact) mass is 455 g/mol. The van der Waals surface area contributed by atoms with E-state index in [1.807, 2.05) is 64.5 Å². The van der Waals surface area contributed by atoms with Crippen molar-refractivity contribution in [2.45, 2.75) is 13.0 Å². The van der Waals surface area contributed by atoms with Gasteiger partial charge in [0.15, 0.2) is 4.96 Å². The largest absolute Gasteiger partial charge is 0.497 e. The zero-order valence-electron chi connectivity index (χ0n) is 15.2. The molecule has 1 N–H and O–H groups in total. The lowest BCUT2D eigenvalue weighted by atomic mass is 10.2. The van der Waals surface area contributed by atoms with Gasteiger partial charge in [0.25, 0.3) is 0 Å². The summed E-state index contributed by atoms with van der Waals surface area (Å²) in [5.74, 6) is 0.798. The molecule has 0 spiro atoms. The summed E-state index contributed by atoms with van der Waals surface area (Å²) in [7, 11) is 1.65. The number of rotatable bonds is 6. The number of fused-ring (bicyclic) bond motifs is 1. The van der Waals surface area contributed by atoms with Crippen LogP contribution >= 0.6 is 27.3 Å². The molecule has 2 heterocycles. The number of aromatic nitrogens is 2. The van der Waals surface area contributed by atoms with Crippen LogP contribution in [0.2, 0.25) is 0 Å². The number of methoxy groups -OCH3 is 1. The summed E-state index contributed by atoms with van der Waals surface area (Å²) in [5.41, 5.74) is 3.88. The van der Waals surface area contributed by atoms with Crippen LogP contribution in [0, 0.1) is 0 Å². The fourth-order valence-electron chi connectivity index (χ4n) is 2.93. The van der Waals surface area contributed by atoms with Gasteiger partial charge in [0.1, 0.15) is 5.75 Å². The standard InChI is InChI=1S/C21H18BrN3O2S/c1-27-18-7-5-15(6-8-18)19-12-25-17(13-28-21(25)24-19)10-20(26)23-11-14-3-2-4-16(22)9-14/h2-9,12-13H,10-11H2,1H3,(H,23,26). The summed E-state index contributed by atoms with van der Waals surface area (Å²) < 4.78 is 8.19. The van der Waals surface area contributed by atoms with Crippen LogP contribution in [0.4, 0.5) is 0 Å². The predicted molar refractivity (Wildman–Crippen MR) is 115 cm³/mol. The van der Waals surface area contributed by atoms with Crippen LogP contribution in [0.25, 0.3) is 16.2 Å². The molecule has 4 rings (SSSR count). The molecule has 0 saturated heterocycles. The SMILES string of the molecule is COc1ccc(-c2cn3c(CC(=O)NCc4cccc(Br)c4)csc3n2)cc1. The first-order valence-electron chi connectivity index (χ1n) is 8.73. The van der Waals surface area contributed by atoms with Crippen molar-refractivity contribution in [1.82, 2.24) is 14.7 Å². The number of ether oxygens (including phenoxy) is 1. The Hall–Kier alpha value is -2.64. The molecule has 0 aliphatic heterocycles. The van der Waals surface area contributed by atoms with Crippen LogP contribution < -0.4 is 10.1 Å². The number of nitrogens with one attached hydrogen (secondary N) is 1. The smallest absolute Gasteiger partial charge is 0.226 e. The molecule has 7 heteroatoms. The zero-order chi connectivity index (χ0) is 19.5. The Labute approximate surface area is 175 Å². The second kappa shape index (κ2) is 8.16. The molecule has 0 aliphatic carbocycles. The molecule has 0 atom stereocenters. The van der Waals surface area contributed by atoms with Crippen molar-refractivity contribution in [1.29, 1.82) is 0 Å². The Morgan fingerprint density at radius 2 is 2.07 bits per heavy atom. The van der Waals surface area contributed by atoms with Gasteiger partial charge < -0.3 is 10.1 Å². The lowest BCUT2D eigenvalue weighted by molar-refractivity contribution is -0.120. The number of hydrogen-bond donors (Lipinski definition) is 1. The third-order valence-corrected chi connectivity index (χ3v) is 5.77. The maximum Gasteiger partial charge on any atom is 0.226 e. The Morgan fingerprint density at radius 3 is 2.82 bits per heavy atom.